The number of ether oxygens (including phenoxy) is 2. The number of carbonyl (C=O) groups excluding carboxylic acids is 1. The summed E-state index contributed by atoms with van der Waals surface area (Å²) in [7, 11) is 0. The molecular weight excluding hydrogens is 416 g/mol. The molecule has 0 saturated heterocycles. The second-order valence-electron chi connectivity index (χ2n) is 7.57. The van der Waals surface area contributed by atoms with Crippen LogP contribution in [0, 0.1) is 0 Å². The first-order valence-electron chi connectivity index (χ1n) is 10.7. The highest BCUT2D eigenvalue weighted by Crippen LogP contribution is 2.20. The van der Waals surface area contributed by atoms with Crippen molar-refractivity contribution in [1.29, 1.82) is 0 Å². The largest absolute Gasteiger partial charge is 0.457 e. The van der Waals surface area contributed by atoms with Gasteiger partial charge in [0.25, 0.3) is 12.2 Å². The molecule has 2 aromatic carbocycles. The molecule has 7 nitrogen and oxygen atoms in total. The molecule has 1 aliphatic rings. The van der Waals surface area contributed by atoms with Crippen LogP contribution in [0.1, 0.15) is 15.9 Å². The van der Waals surface area contributed by atoms with Gasteiger partial charge >= 0.3 is 0 Å². The number of rotatable bonds is 7. The van der Waals surface area contributed by atoms with E-state index in [0.29, 0.717) is 17.8 Å². The summed E-state index contributed by atoms with van der Waals surface area (Å²) in [5, 5.41) is 7.70. The lowest BCUT2D eigenvalue weighted by Crippen LogP contribution is -2.45. The fourth-order valence-corrected chi connectivity index (χ4v) is 3.73. The summed E-state index contributed by atoms with van der Waals surface area (Å²) >= 11 is 0. The summed E-state index contributed by atoms with van der Waals surface area (Å²) in [5.41, 5.74) is 3.26. The molecule has 7 heteroatoms. The molecule has 1 atom stereocenters. The molecule has 0 spiro atoms. The maximum atomic E-state index is 13.3. The molecule has 0 aliphatic carbocycles. The molecule has 1 N–H and O–H groups in total. The molecule has 0 unspecified atom stereocenters. The van der Waals surface area contributed by atoms with Crippen LogP contribution in [-0.4, -0.2) is 33.0 Å². The predicted molar refractivity (Wildman–Crippen MR) is 123 cm³/mol. The molecule has 0 saturated carbocycles. The highest BCUT2D eigenvalue weighted by Gasteiger charge is 2.29. The second-order valence-corrected chi connectivity index (χ2v) is 7.57. The van der Waals surface area contributed by atoms with Gasteiger partial charge in [0.15, 0.2) is 5.82 Å². The molecule has 3 heterocycles. The third-order valence-corrected chi connectivity index (χ3v) is 5.33. The summed E-state index contributed by atoms with van der Waals surface area (Å²) in [4.78, 5) is 17.8. The Morgan fingerprint density at radius 2 is 1.67 bits per heavy atom. The molecule has 0 fully saturated rings. The molecule has 4 aromatic rings. The van der Waals surface area contributed by atoms with Gasteiger partial charge in [-0.05, 0) is 30.2 Å². The van der Waals surface area contributed by atoms with Gasteiger partial charge in [0, 0.05) is 18.0 Å². The van der Waals surface area contributed by atoms with Crippen LogP contribution in [0.15, 0.2) is 104 Å². The number of pyridine rings is 1. The van der Waals surface area contributed by atoms with Crippen molar-refractivity contribution in [1.82, 2.24) is 20.1 Å². The van der Waals surface area contributed by atoms with E-state index in [4.69, 9.17) is 9.47 Å². The van der Waals surface area contributed by atoms with Crippen molar-refractivity contribution in [3.05, 3.63) is 115 Å². The zero-order valence-corrected chi connectivity index (χ0v) is 17.7. The third kappa shape index (κ3) is 4.62. The highest BCUT2D eigenvalue weighted by molar-refractivity contribution is 5.97. The Hall–Kier alpha value is -4.39. The van der Waals surface area contributed by atoms with E-state index < -0.39 is 12.3 Å². The third-order valence-electron chi connectivity index (χ3n) is 5.33. The lowest BCUT2D eigenvalue weighted by Gasteiger charge is -2.24. The predicted octanol–water partition coefficient (Wildman–Crippen LogP) is 4.12. The van der Waals surface area contributed by atoms with E-state index in [2.05, 4.69) is 15.4 Å². The molecule has 1 amide bonds. The quantitative estimate of drug-likeness (QED) is 0.470. The van der Waals surface area contributed by atoms with Crippen LogP contribution in [0.5, 0.6) is 0 Å². The minimum absolute atomic E-state index is 0.283. The van der Waals surface area contributed by atoms with Crippen molar-refractivity contribution in [3.63, 3.8) is 0 Å². The van der Waals surface area contributed by atoms with E-state index in [1.165, 1.54) is 12.5 Å². The second kappa shape index (κ2) is 9.40. The van der Waals surface area contributed by atoms with Crippen LogP contribution < -0.4 is 5.32 Å². The smallest absolute Gasteiger partial charge is 0.259 e. The Kier molecular flexibility index (Phi) is 5.84. The van der Waals surface area contributed by atoms with Gasteiger partial charge in [-0.3, -0.25) is 4.79 Å². The van der Waals surface area contributed by atoms with Crippen LogP contribution in [0.25, 0.3) is 17.1 Å². The summed E-state index contributed by atoms with van der Waals surface area (Å²) in [6, 6.07) is 24.7. The van der Waals surface area contributed by atoms with E-state index in [9.17, 15) is 4.79 Å². The fourth-order valence-electron chi connectivity index (χ4n) is 3.73. The van der Waals surface area contributed by atoms with Gasteiger partial charge in [0.2, 0.25) is 0 Å². The summed E-state index contributed by atoms with van der Waals surface area (Å²) in [6.45, 7) is 0. The van der Waals surface area contributed by atoms with Crippen molar-refractivity contribution in [2.75, 3.05) is 0 Å². The van der Waals surface area contributed by atoms with Crippen molar-refractivity contribution >= 4 is 5.91 Å². The summed E-state index contributed by atoms with van der Waals surface area (Å²) in [5.74, 6) is 0.164. The van der Waals surface area contributed by atoms with Crippen molar-refractivity contribution in [2.45, 2.75) is 18.8 Å². The van der Waals surface area contributed by atoms with Crippen molar-refractivity contribution in [3.8, 4) is 17.1 Å². The van der Waals surface area contributed by atoms with Gasteiger partial charge in [-0.15, -0.1) is 0 Å². The van der Waals surface area contributed by atoms with E-state index in [0.717, 1.165) is 16.8 Å². The lowest BCUT2D eigenvalue weighted by atomic mass is 10.0. The van der Waals surface area contributed by atoms with Gasteiger partial charge in [-0.2, -0.15) is 5.10 Å². The summed E-state index contributed by atoms with van der Waals surface area (Å²) < 4.78 is 12.7. The normalized spacial score (nSPS) is 13.8. The van der Waals surface area contributed by atoms with Gasteiger partial charge in [0.1, 0.15) is 18.6 Å². The Morgan fingerprint density at radius 1 is 0.939 bits per heavy atom. The fraction of sp³-hybridized carbons (Fsp3) is 0.115. The van der Waals surface area contributed by atoms with Gasteiger partial charge in [-0.1, -0.05) is 60.7 Å². The molecule has 2 aromatic heterocycles. The van der Waals surface area contributed by atoms with Gasteiger partial charge in [0.05, 0.1) is 11.3 Å². The SMILES string of the molecule is O=C(N[C@@H](Cc1ccccc1)C1OC=CO1)c1cccnc1-n1ccc(-c2ccccc2)n1. The van der Waals surface area contributed by atoms with Crippen LogP contribution in [-0.2, 0) is 15.9 Å². The first kappa shape index (κ1) is 20.5. The monoisotopic (exact) mass is 438 g/mol. The molecule has 0 radical (unpaired) electrons. The minimum atomic E-state index is -0.608. The van der Waals surface area contributed by atoms with E-state index in [1.54, 1.807) is 29.2 Å². The topological polar surface area (TPSA) is 78.3 Å². The van der Waals surface area contributed by atoms with Gasteiger partial charge in [-0.25, -0.2) is 9.67 Å². The number of nitrogens with zero attached hydrogens (tertiary/aromatic N) is 3. The number of aromatic nitrogens is 3. The zero-order chi connectivity index (χ0) is 22.5. The highest BCUT2D eigenvalue weighted by atomic mass is 16.7. The van der Waals surface area contributed by atoms with Crippen molar-refractivity contribution < 1.29 is 14.3 Å². The Morgan fingerprint density at radius 3 is 2.42 bits per heavy atom. The van der Waals surface area contributed by atoms with Gasteiger partial charge < -0.3 is 14.8 Å². The Bertz CT molecular complexity index is 1250. The number of nitrogens with one attached hydrogen (secondary N) is 1. The van der Waals surface area contributed by atoms with E-state index in [-0.39, 0.29) is 5.91 Å². The van der Waals surface area contributed by atoms with Crippen LogP contribution in [0.2, 0.25) is 0 Å². The van der Waals surface area contributed by atoms with E-state index >= 15 is 0 Å². The number of carbonyl (C=O) groups is 1. The zero-order valence-electron chi connectivity index (χ0n) is 17.7. The first-order chi connectivity index (χ1) is 16.3. The van der Waals surface area contributed by atoms with Crippen LogP contribution >= 0.6 is 0 Å². The molecule has 0 bridgehead atoms. The van der Waals surface area contributed by atoms with Crippen molar-refractivity contribution in [2.24, 2.45) is 0 Å². The summed E-state index contributed by atoms with van der Waals surface area (Å²) in [6.07, 6.45) is 6.36. The number of amides is 1. The molecule has 1 aliphatic heterocycles. The Labute approximate surface area is 191 Å². The average Bonchev–Trinajstić information content (AvgIpc) is 3.58. The van der Waals surface area contributed by atoms with Crippen LogP contribution in [0.3, 0.4) is 0 Å². The van der Waals surface area contributed by atoms with E-state index in [1.807, 2.05) is 66.7 Å². The average molecular weight is 438 g/mol. The molecule has 5 rings (SSSR count). The standard InChI is InChI=1S/C26H22N4O3/c31-25(28-23(26-32-16-17-33-26)18-19-8-3-1-4-9-19)21-12-7-14-27-24(21)30-15-13-22(29-30)20-10-5-2-6-11-20/h1-17,23,26H,18H2,(H,28,31)/t23-/m0/s1. The number of hydrogen-bond acceptors (Lipinski definition) is 5. The molecule has 164 valence electrons. The lowest BCUT2D eigenvalue weighted by molar-refractivity contribution is -0.0481. The van der Waals surface area contributed by atoms with Crippen LogP contribution in [0.4, 0.5) is 0 Å². The number of hydrogen-bond donors (Lipinski definition) is 1. The molecule has 33 heavy (non-hydrogen) atoms. The minimum Gasteiger partial charge on any atom is -0.457 e. The Balaban J connectivity index is 1.40. The maximum Gasteiger partial charge on any atom is 0.259 e. The number of benzene rings is 2. The first-order valence-corrected chi connectivity index (χ1v) is 10.7. The molecular formula is C26H22N4O3. The maximum absolute atomic E-state index is 13.3.